The first-order valence-corrected chi connectivity index (χ1v) is 9.56. The Morgan fingerprint density at radius 3 is 2.52 bits per heavy atom. The van der Waals surface area contributed by atoms with Crippen molar-refractivity contribution in [3.05, 3.63) is 59.4 Å². The van der Waals surface area contributed by atoms with E-state index >= 15 is 0 Å². The Morgan fingerprint density at radius 2 is 1.88 bits per heavy atom. The SMILES string of the molecule is Cc1cccc(-c2ccc(CS(=O)(=O)CC(=O)NCCO)c(F)c2)c1. The Balaban J connectivity index is 2.14. The lowest BCUT2D eigenvalue weighted by Crippen LogP contribution is -2.32. The number of hydrogen-bond donors (Lipinski definition) is 2. The monoisotopic (exact) mass is 365 g/mol. The molecule has 0 heterocycles. The molecular formula is C18H20FNO4S. The summed E-state index contributed by atoms with van der Waals surface area (Å²) in [5.41, 5.74) is 2.56. The van der Waals surface area contributed by atoms with Crippen LogP contribution in [0.4, 0.5) is 4.39 Å². The quantitative estimate of drug-likeness (QED) is 0.784. The lowest BCUT2D eigenvalue weighted by Gasteiger charge is -2.09. The van der Waals surface area contributed by atoms with Gasteiger partial charge in [0.05, 0.1) is 12.4 Å². The van der Waals surface area contributed by atoms with E-state index in [1.165, 1.54) is 12.1 Å². The van der Waals surface area contributed by atoms with Gasteiger partial charge in [0.15, 0.2) is 9.84 Å². The van der Waals surface area contributed by atoms with Crippen molar-refractivity contribution in [2.75, 3.05) is 18.9 Å². The van der Waals surface area contributed by atoms with Gasteiger partial charge in [0.1, 0.15) is 11.6 Å². The molecule has 0 bridgehead atoms. The number of carbonyl (C=O) groups excluding carboxylic acids is 1. The van der Waals surface area contributed by atoms with Crippen LogP contribution in [0, 0.1) is 12.7 Å². The molecule has 0 saturated heterocycles. The van der Waals surface area contributed by atoms with Gasteiger partial charge in [0.2, 0.25) is 5.91 Å². The van der Waals surface area contributed by atoms with E-state index in [1.54, 1.807) is 6.07 Å². The average Bonchev–Trinajstić information content (AvgIpc) is 2.54. The topological polar surface area (TPSA) is 83.5 Å². The van der Waals surface area contributed by atoms with Gasteiger partial charge in [-0.15, -0.1) is 0 Å². The van der Waals surface area contributed by atoms with Gasteiger partial charge in [0, 0.05) is 12.1 Å². The fourth-order valence-electron chi connectivity index (χ4n) is 2.40. The van der Waals surface area contributed by atoms with Gasteiger partial charge in [-0.05, 0) is 24.1 Å². The number of halogens is 1. The number of aliphatic hydroxyl groups excluding tert-OH is 1. The van der Waals surface area contributed by atoms with Gasteiger partial charge in [-0.2, -0.15) is 0 Å². The summed E-state index contributed by atoms with van der Waals surface area (Å²) in [6.45, 7) is 1.64. The van der Waals surface area contributed by atoms with Crippen LogP contribution >= 0.6 is 0 Å². The summed E-state index contributed by atoms with van der Waals surface area (Å²) in [6.07, 6.45) is 0. The van der Waals surface area contributed by atoms with Gasteiger partial charge in [-0.1, -0.05) is 42.0 Å². The van der Waals surface area contributed by atoms with E-state index in [0.717, 1.165) is 11.1 Å². The Kier molecular flexibility index (Phi) is 6.27. The van der Waals surface area contributed by atoms with Crippen molar-refractivity contribution in [1.29, 1.82) is 0 Å². The highest BCUT2D eigenvalue weighted by molar-refractivity contribution is 7.91. The minimum atomic E-state index is -3.80. The predicted octanol–water partition coefficient (Wildman–Crippen LogP) is 1.82. The Hall–Kier alpha value is -2.25. The van der Waals surface area contributed by atoms with Crippen molar-refractivity contribution < 1.29 is 22.7 Å². The molecule has 0 fully saturated rings. The fourth-order valence-corrected chi connectivity index (χ4v) is 3.71. The number of aryl methyl sites for hydroxylation is 1. The molecule has 0 atom stereocenters. The molecule has 134 valence electrons. The molecular weight excluding hydrogens is 345 g/mol. The van der Waals surface area contributed by atoms with Crippen LogP contribution in [0.5, 0.6) is 0 Å². The molecule has 0 aromatic heterocycles. The minimum absolute atomic E-state index is 0.0198. The maximum absolute atomic E-state index is 14.3. The molecule has 0 saturated carbocycles. The summed E-state index contributed by atoms with van der Waals surface area (Å²) in [5, 5.41) is 10.9. The Labute approximate surface area is 146 Å². The number of hydrogen-bond acceptors (Lipinski definition) is 4. The predicted molar refractivity (Wildman–Crippen MR) is 94.2 cm³/mol. The third-order valence-corrected chi connectivity index (χ3v) is 5.02. The van der Waals surface area contributed by atoms with Crippen LogP contribution in [0.15, 0.2) is 42.5 Å². The third-order valence-electron chi connectivity index (χ3n) is 3.56. The minimum Gasteiger partial charge on any atom is -0.395 e. The smallest absolute Gasteiger partial charge is 0.235 e. The molecule has 1 amide bonds. The zero-order chi connectivity index (χ0) is 18.4. The molecule has 2 aromatic rings. The molecule has 0 aliphatic heterocycles. The molecule has 2 aromatic carbocycles. The number of carbonyl (C=O) groups is 1. The molecule has 0 unspecified atom stereocenters. The van der Waals surface area contributed by atoms with Crippen LogP contribution in [-0.4, -0.2) is 38.3 Å². The zero-order valence-corrected chi connectivity index (χ0v) is 14.6. The third kappa shape index (κ3) is 5.65. The van der Waals surface area contributed by atoms with Crippen LogP contribution in [-0.2, 0) is 20.4 Å². The van der Waals surface area contributed by atoms with E-state index in [4.69, 9.17) is 5.11 Å². The second-order valence-corrected chi connectivity index (χ2v) is 7.85. The first kappa shape index (κ1) is 19.1. The van der Waals surface area contributed by atoms with Gasteiger partial charge < -0.3 is 10.4 Å². The van der Waals surface area contributed by atoms with Crippen LogP contribution in [0.25, 0.3) is 11.1 Å². The van der Waals surface area contributed by atoms with E-state index in [1.807, 2.05) is 31.2 Å². The lowest BCUT2D eigenvalue weighted by molar-refractivity contribution is -0.118. The summed E-state index contributed by atoms with van der Waals surface area (Å²) in [6, 6.07) is 11.9. The van der Waals surface area contributed by atoms with Crippen molar-refractivity contribution in [2.24, 2.45) is 0 Å². The average molecular weight is 365 g/mol. The molecule has 0 aliphatic carbocycles. The van der Waals surface area contributed by atoms with Crippen LogP contribution in [0.3, 0.4) is 0 Å². The first-order valence-electron chi connectivity index (χ1n) is 7.74. The lowest BCUT2D eigenvalue weighted by atomic mass is 10.0. The van der Waals surface area contributed by atoms with Crippen LogP contribution in [0.1, 0.15) is 11.1 Å². The highest BCUT2D eigenvalue weighted by atomic mass is 32.2. The van der Waals surface area contributed by atoms with Crippen molar-refractivity contribution in [3.8, 4) is 11.1 Å². The zero-order valence-electron chi connectivity index (χ0n) is 13.8. The molecule has 0 radical (unpaired) electrons. The second-order valence-electron chi connectivity index (χ2n) is 5.78. The molecule has 5 nitrogen and oxygen atoms in total. The summed E-state index contributed by atoms with van der Waals surface area (Å²) < 4.78 is 38.4. The molecule has 2 N–H and O–H groups in total. The molecule has 7 heteroatoms. The normalized spacial score (nSPS) is 11.3. The summed E-state index contributed by atoms with van der Waals surface area (Å²) in [5.74, 6) is -2.64. The van der Waals surface area contributed by atoms with Crippen LogP contribution in [0.2, 0.25) is 0 Å². The van der Waals surface area contributed by atoms with Crippen molar-refractivity contribution in [2.45, 2.75) is 12.7 Å². The molecule has 2 rings (SSSR count). The number of amides is 1. The summed E-state index contributed by atoms with van der Waals surface area (Å²) in [4.78, 5) is 11.5. The van der Waals surface area contributed by atoms with E-state index in [2.05, 4.69) is 5.32 Å². The highest BCUT2D eigenvalue weighted by Crippen LogP contribution is 2.23. The molecule has 0 aliphatic rings. The summed E-state index contributed by atoms with van der Waals surface area (Å²) in [7, 11) is -3.80. The van der Waals surface area contributed by atoms with Crippen molar-refractivity contribution >= 4 is 15.7 Å². The second kappa shape index (κ2) is 8.22. The van der Waals surface area contributed by atoms with Gasteiger partial charge in [-0.25, -0.2) is 12.8 Å². The van der Waals surface area contributed by atoms with Gasteiger partial charge in [0.25, 0.3) is 0 Å². The summed E-state index contributed by atoms with van der Waals surface area (Å²) >= 11 is 0. The van der Waals surface area contributed by atoms with E-state index in [0.29, 0.717) is 5.56 Å². The largest absolute Gasteiger partial charge is 0.395 e. The number of aliphatic hydroxyl groups is 1. The Bertz CT molecular complexity index is 865. The fraction of sp³-hybridized carbons (Fsp3) is 0.278. The van der Waals surface area contributed by atoms with Gasteiger partial charge >= 0.3 is 0 Å². The van der Waals surface area contributed by atoms with Crippen molar-refractivity contribution in [3.63, 3.8) is 0 Å². The van der Waals surface area contributed by atoms with Crippen LogP contribution < -0.4 is 5.32 Å². The van der Waals surface area contributed by atoms with E-state index < -0.39 is 33.1 Å². The van der Waals surface area contributed by atoms with Gasteiger partial charge in [-0.3, -0.25) is 4.79 Å². The van der Waals surface area contributed by atoms with Crippen molar-refractivity contribution in [1.82, 2.24) is 5.32 Å². The number of sulfone groups is 1. The number of nitrogens with one attached hydrogen (secondary N) is 1. The number of rotatable bonds is 7. The van der Waals surface area contributed by atoms with E-state index in [9.17, 15) is 17.6 Å². The number of benzene rings is 2. The highest BCUT2D eigenvalue weighted by Gasteiger charge is 2.19. The first-order chi connectivity index (χ1) is 11.8. The molecule has 0 spiro atoms. The van der Waals surface area contributed by atoms with E-state index in [-0.39, 0.29) is 18.7 Å². The Morgan fingerprint density at radius 1 is 1.16 bits per heavy atom. The standard InChI is InChI=1S/C18H20FNO4S/c1-13-3-2-4-14(9-13)15-5-6-16(17(19)10-15)11-25(23,24)12-18(22)20-7-8-21/h2-6,9-10,21H,7-8,11-12H2,1H3,(H,20,22). The maximum atomic E-state index is 14.3. The molecule has 25 heavy (non-hydrogen) atoms. The maximum Gasteiger partial charge on any atom is 0.235 e.